The number of aromatic amines is 1. The zero-order valence-electron chi connectivity index (χ0n) is 9.24. The first-order valence-electron chi connectivity index (χ1n) is 5.40. The van der Waals surface area contributed by atoms with E-state index in [9.17, 15) is 9.59 Å². The van der Waals surface area contributed by atoms with Crippen molar-refractivity contribution in [1.29, 1.82) is 0 Å². The molecular weight excluding hydrogens is 341 g/mol. The fourth-order valence-electron chi connectivity index (χ4n) is 2.11. The maximum absolute atomic E-state index is 12.4. The summed E-state index contributed by atoms with van der Waals surface area (Å²) in [5, 5.41) is 1.20. The Labute approximate surface area is 116 Å². The van der Waals surface area contributed by atoms with Gasteiger partial charge in [-0.1, -0.05) is 12.1 Å². The summed E-state index contributed by atoms with van der Waals surface area (Å²) < 4.78 is 0.878. The first-order chi connectivity index (χ1) is 8.70. The number of pyridine rings is 1. The monoisotopic (exact) mass is 349 g/mol. The van der Waals surface area contributed by atoms with Crippen molar-refractivity contribution in [3.8, 4) is 0 Å². The Bertz CT molecular complexity index is 836. The van der Waals surface area contributed by atoms with E-state index in [1.807, 2.05) is 18.2 Å². The number of para-hydroxylation sites is 1. The lowest BCUT2D eigenvalue weighted by atomic mass is 10.1. The summed E-state index contributed by atoms with van der Waals surface area (Å²) in [4.78, 5) is 26.6. The maximum atomic E-state index is 12.4. The molecule has 0 unspecified atom stereocenters. The van der Waals surface area contributed by atoms with Crippen LogP contribution in [-0.2, 0) is 0 Å². The van der Waals surface area contributed by atoms with Gasteiger partial charge in [-0.3, -0.25) is 9.59 Å². The number of benzene rings is 2. The molecule has 0 aliphatic carbocycles. The van der Waals surface area contributed by atoms with Crippen molar-refractivity contribution in [1.82, 2.24) is 4.98 Å². The van der Waals surface area contributed by atoms with Gasteiger partial charge in [-0.25, -0.2) is 0 Å². The summed E-state index contributed by atoms with van der Waals surface area (Å²) >= 11 is 2.11. The Balaban J connectivity index is 2.64. The van der Waals surface area contributed by atoms with Gasteiger partial charge in [0.05, 0.1) is 5.52 Å². The lowest BCUT2D eigenvalue weighted by Gasteiger charge is -2.05. The topological polar surface area (TPSA) is 49.9 Å². The fourth-order valence-corrected chi connectivity index (χ4v) is 2.76. The Hall–Kier alpha value is -1.69. The molecule has 3 aromatic rings. The number of halogens is 1. The van der Waals surface area contributed by atoms with Crippen LogP contribution in [0.15, 0.2) is 41.2 Å². The van der Waals surface area contributed by atoms with Crippen LogP contribution < -0.4 is 5.43 Å². The normalized spacial score (nSPS) is 10.9. The summed E-state index contributed by atoms with van der Waals surface area (Å²) in [5.74, 6) is 0. The number of carbonyl (C=O) groups excluding carboxylic acids is 1. The van der Waals surface area contributed by atoms with Gasteiger partial charge in [-0.2, -0.15) is 0 Å². The maximum Gasteiger partial charge on any atom is 0.197 e. The highest BCUT2D eigenvalue weighted by atomic mass is 127. The molecule has 0 saturated carbocycles. The molecule has 1 heterocycles. The molecule has 4 heteroatoms. The van der Waals surface area contributed by atoms with Gasteiger partial charge < -0.3 is 4.98 Å². The van der Waals surface area contributed by atoms with Gasteiger partial charge in [-0.05, 0) is 46.9 Å². The van der Waals surface area contributed by atoms with Crippen LogP contribution in [0.25, 0.3) is 21.8 Å². The number of fused-ring (bicyclic) bond motifs is 2. The predicted octanol–water partition coefficient (Wildman–Crippen LogP) is 3.10. The Kier molecular flexibility index (Phi) is 2.66. The summed E-state index contributed by atoms with van der Waals surface area (Å²) in [6.45, 7) is 0. The van der Waals surface area contributed by atoms with Gasteiger partial charge in [0.15, 0.2) is 11.7 Å². The molecule has 0 bridgehead atoms. The standard InChI is InChI=1S/C14H8INO2/c15-9-5-8(7-17)13-11(6-9)14(18)10-3-1-2-4-12(10)16-13/h1-7H,(H,16,18). The lowest BCUT2D eigenvalue weighted by molar-refractivity contribution is 0.112. The van der Waals surface area contributed by atoms with E-state index < -0.39 is 0 Å². The number of carbonyl (C=O) groups is 1. The Morgan fingerprint density at radius 3 is 2.67 bits per heavy atom. The third kappa shape index (κ3) is 1.64. The number of nitrogens with one attached hydrogen (secondary N) is 1. The van der Waals surface area contributed by atoms with E-state index >= 15 is 0 Å². The first-order valence-corrected chi connectivity index (χ1v) is 6.48. The van der Waals surface area contributed by atoms with Crippen LogP contribution in [0.2, 0.25) is 0 Å². The molecular formula is C14H8INO2. The van der Waals surface area contributed by atoms with Crippen molar-refractivity contribution in [2.75, 3.05) is 0 Å². The third-order valence-corrected chi connectivity index (χ3v) is 3.56. The molecule has 0 spiro atoms. The Morgan fingerprint density at radius 2 is 1.89 bits per heavy atom. The SMILES string of the molecule is O=Cc1cc(I)cc2c(=O)c3ccccc3[nH]c12. The van der Waals surface area contributed by atoms with Crippen LogP contribution in [0.4, 0.5) is 0 Å². The van der Waals surface area contributed by atoms with E-state index in [4.69, 9.17) is 0 Å². The van der Waals surface area contributed by atoms with Crippen LogP contribution in [0.5, 0.6) is 0 Å². The summed E-state index contributed by atoms with van der Waals surface area (Å²) in [6, 6.07) is 10.9. The highest BCUT2D eigenvalue weighted by Crippen LogP contribution is 2.20. The van der Waals surface area contributed by atoms with E-state index in [0.29, 0.717) is 21.9 Å². The minimum atomic E-state index is -0.0408. The molecule has 3 nitrogen and oxygen atoms in total. The molecule has 2 aromatic carbocycles. The van der Waals surface area contributed by atoms with E-state index in [-0.39, 0.29) is 5.43 Å². The molecule has 0 radical (unpaired) electrons. The molecule has 0 aliphatic heterocycles. The molecule has 0 saturated heterocycles. The molecule has 88 valence electrons. The molecule has 3 rings (SSSR count). The average Bonchev–Trinajstić information content (AvgIpc) is 2.39. The van der Waals surface area contributed by atoms with Crippen LogP contribution in [0.3, 0.4) is 0 Å². The summed E-state index contributed by atoms with van der Waals surface area (Å²) in [5.41, 5.74) is 1.83. The smallest absolute Gasteiger partial charge is 0.197 e. The second-order valence-electron chi connectivity index (χ2n) is 4.04. The molecule has 0 fully saturated rings. The molecule has 18 heavy (non-hydrogen) atoms. The van der Waals surface area contributed by atoms with Crippen molar-refractivity contribution in [2.24, 2.45) is 0 Å². The highest BCUT2D eigenvalue weighted by molar-refractivity contribution is 14.1. The van der Waals surface area contributed by atoms with Crippen molar-refractivity contribution in [2.45, 2.75) is 0 Å². The second kappa shape index (κ2) is 4.20. The fraction of sp³-hybridized carbons (Fsp3) is 0. The zero-order chi connectivity index (χ0) is 12.7. The van der Waals surface area contributed by atoms with Gasteiger partial charge in [0.1, 0.15) is 0 Å². The van der Waals surface area contributed by atoms with Crippen molar-refractivity contribution in [3.63, 3.8) is 0 Å². The van der Waals surface area contributed by atoms with Gasteiger partial charge in [0, 0.05) is 25.4 Å². The van der Waals surface area contributed by atoms with Gasteiger partial charge >= 0.3 is 0 Å². The van der Waals surface area contributed by atoms with Gasteiger partial charge in [0.25, 0.3) is 0 Å². The van der Waals surface area contributed by atoms with Crippen LogP contribution in [-0.4, -0.2) is 11.3 Å². The quantitative estimate of drug-likeness (QED) is 0.417. The highest BCUT2D eigenvalue weighted by Gasteiger charge is 2.09. The summed E-state index contributed by atoms with van der Waals surface area (Å²) in [7, 11) is 0. The molecule has 0 atom stereocenters. The average molecular weight is 349 g/mol. The van der Waals surface area contributed by atoms with E-state index in [1.54, 1.807) is 18.2 Å². The van der Waals surface area contributed by atoms with E-state index in [2.05, 4.69) is 27.6 Å². The first kappa shape index (κ1) is 11.4. The van der Waals surface area contributed by atoms with Crippen LogP contribution >= 0.6 is 22.6 Å². The van der Waals surface area contributed by atoms with Crippen molar-refractivity contribution < 1.29 is 4.79 Å². The third-order valence-electron chi connectivity index (χ3n) is 2.94. The minimum absolute atomic E-state index is 0.0408. The number of hydrogen-bond donors (Lipinski definition) is 1. The number of H-pyrrole nitrogens is 1. The van der Waals surface area contributed by atoms with E-state index in [1.165, 1.54) is 0 Å². The molecule has 0 aliphatic rings. The van der Waals surface area contributed by atoms with Crippen molar-refractivity contribution >= 4 is 50.7 Å². The number of hydrogen-bond acceptors (Lipinski definition) is 2. The molecule has 0 amide bonds. The summed E-state index contributed by atoms with van der Waals surface area (Å²) in [6.07, 6.45) is 0.773. The zero-order valence-corrected chi connectivity index (χ0v) is 11.4. The van der Waals surface area contributed by atoms with Crippen LogP contribution in [0.1, 0.15) is 10.4 Å². The van der Waals surface area contributed by atoms with Gasteiger partial charge in [-0.15, -0.1) is 0 Å². The largest absolute Gasteiger partial charge is 0.354 e. The van der Waals surface area contributed by atoms with Gasteiger partial charge in [0.2, 0.25) is 0 Å². The Morgan fingerprint density at radius 1 is 1.11 bits per heavy atom. The number of aldehydes is 1. The minimum Gasteiger partial charge on any atom is -0.354 e. The number of aromatic nitrogens is 1. The second-order valence-corrected chi connectivity index (χ2v) is 5.28. The molecule has 1 N–H and O–H groups in total. The van der Waals surface area contributed by atoms with E-state index in [0.717, 1.165) is 15.4 Å². The number of rotatable bonds is 1. The predicted molar refractivity (Wildman–Crippen MR) is 80.2 cm³/mol. The van der Waals surface area contributed by atoms with Crippen LogP contribution in [0, 0.1) is 3.57 Å². The van der Waals surface area contributed by atoms with Crippen molar-refractivity contribution in [3.05, 3.63) is 55.8 Å². The molecule has 1 aromatic heterocycles. The lowest BCUT2D eigenvalue weighted by Crippen LogP contribution is -2.06.